The molecule has 102 valence electrons. The lowest BCUT2D eigenvalue weighted by molar-refractivity contribution is 0.0693. The van der Waals surface area contributed by atoms with Crippen molar-refractivity contribution in [2.24, 2.45) is 11.1 Å². The molecule has 0 aliphatic heterocycles. The minimum absolute atomic E-state index is 0. The van der Waals surface area contributed by atoms with E-state index in [1.165, 1.54) is 0 Å². The van der Waals surface area contributed by atoms with E-state index in [-0.39, 0.29) is 23.5 Å². The Morgan fingerprint density at radius 2 is 1.89 bits per heavy atom. The van der Waals surface area contributed by atoms with Crippen molar-refractivity contribution in [3.8, 4) is 5.75 Å². The molecule has 0 fully saturated rings. The number of carboxylic acids is 1. The van der Waals surface area contributed by atoms with Gasteiger partial charge in [0.05, 0.1) is 0 Å². The second-order valence-electron chi connectivity index (χ2n) is 5.01. The zero-order valence-electron chi connectivity index (χ0n) is 10.4. The lowest BCUT2D eigenvalue weighted by Crippen LogP contribution is -2.27. The normalized spacial score (nSPS) is 12.7. The highest BCUT2D eigenvalue weighted by atomic mass is 35.5. The lowest BCUT2D eigenvalue weighted by Gasteiger charge is -2.28. The second-order valence-corrected chi connectivity index (χ2v) is 5.01. The number of benzene rings is 1. The molecule has 0 aromatic heterocycles. The van der Waals surface area contributed by atoms with Crippen molar-refractivity contribution < 1.29 is 19.4 Å². The Balaban J connectivity index is 0.00000289. The minimum atomic E-state index is -1.31. The maximum absolute atomic E-state index is 13.6. The van der Waals surface area contributed by atoms with E-state index in [2.05, 4.69) is 0 Å². The molecule has 1 rings (SSSR count). The Kier molecular flexibility index (Phi) is 5.13. The first-order valence-corrected chi connectivity index (χ1v) is 5.16. The minimum Gasteiger partial charge on any atom is -0.507 e. The van der Waals surface area contributed by atoms with Gasteiger partial charge in [0.25, 0.3) is 0 Å². The summed E-state index contributed by atoms with van der Waals surface area (Å²) in [6.45, 7) is 5.35. The first-order chi connectivity index (χ1) is 7.66. The van der Waals surface area contributed by atoms with Crippen molar-refractivity contribution in [2.45, 2.75) is 26.8 Å². The molecular weight excluding hydrogens is 261 g/mol. The van der Waals surface area contributed by atoms with Crippen LogP contribution in [0.25, 0.3) is 0 Å². The van der Waals surface area contributed by atoms with E-state index in [0.717, 1.165) is 12.1 Å². The van der Waals surface area contributed by atoms with Crippen LogP contribution in [0.1, 0.15) is 42.7 Å². The van der Waals surface area contributed by atoms with Crippen LogP contribution in [0.2, 0.25) is 0 Å². The van der Waals surface area contributed by atoms with Crippen LogP contribution in [-0.2, 0) is 0 Å². The van der Waals surface area contributed by atoms with Crippen LogP contribution in [0.15, 0.2) is 12.1 Å². The maximum atomic E-state index is 13.6. The molecule has 6 heteroatoms. The van der Waals surface area contributed by atoms with Gasteiger partial charge in [-0.3, -0.25) is 0 Å². The Hall–Kier alpha value is -1.33. The lowest BCUT2D eigenvalue weighted by atomic mass is 9.82. The highest BCUT2D eigenvalue weighted by molar-refractivity contribution is 5.91. The fraction of sp³-hybridized carbons (Fsp3) is 0.417. The van der Waals surface area contributed by atoms with Crippen LogP contribution >= 0.6 is 12.4 Å². The van der Waals surface area contributed by atoms with E-state index in [4.69, 9.17) is 10.8 Å². The molecule has 0 spiro atoms. The summed E-state index contributed by atoms with van der Waals surface area (Å²) >= 11 is 0. The van der Waals surface area contributed by atoms with Gasteiger partial charge in [0.15, 0.2) is 0 Å². The summed E-state index contributed by atoms with van der Waals surface area (Å²) in [6, 6.07) is 1.23. The van der Waals surface area contributed by atoms with Crippen molar-refractivity contribution in [3.05, 3.63) is 29.1 Å². The number of carbonyl (C=O) groups is 1. The van der Waals surface area contributed by atoms with Gasteiger partial charge in [-0.25, -0.2) is 9.18 Å². The number of aromatic hydroxyl groups is 1. The monoisotopic (exact) mass is 277 g/mol. The summed E-state index contributed by atoms with van der Waals surface area (Å²) in [6.07, 6.45) is 0. The molecule has 18 heavy (non-hydrogen) atoms. The number of hydrogen-bond acceptors (Lipinski definition) is 3. The molecule has 0 saturated carbocycles. The second kappa shape index (κ2) is 5.54. The molecule has 0 radical (unpaired) electrons. The Labute approximate surface area is 111 Å². The Morgan fingerprint density at radius 1 is 1.39 bits per heavy atom. The molecular formula is C12H17ClFNO3. The van der Waals surface area contributed by atoms with Gasteiger partial charge in [-0.2, -0.15) is 0 Å². The largest absolute Gasteiger partial charge is 0.507 e. The number of halogens is 2. The molecule has 0 saturated heterocycles. The molecule has 0 amide bonds. The highest BCUT2D eigenvalue weighted by Crippen LogP contribution is 2.38. The smallest absolute Gasteiger partial charge is 0.339 e. The summed E-state index contributed by atoms with van der Waals surface area (Å²) in [7, 11) is 0. The van der Waals surface area contributed by atoms with Gasteiger partial charge in [0.2, 0.25) is 0 Å². The number of hydrogen-bond donors (Lipinski definition) is 3. The topological polar surface area (TPSA) is 83.6 Å². The van der Waals surface area contributed by atoms with E-state index >= 15 is 0 Å². The van der Waals surface area contributed by atoms with E-state index < -0.39 is 29.0 Å². The quantitative estimate of drug-likeness (QED) is 0.776. The highest BCUT2D eigenvalue weighted by Gasteiger charge is 2.29. The number of rotatable bonds is 2. The third-order valence-corrected chi connectivity index (χ3v) is 2.64. The molecule has 1 aromatic carbocycles. The van der Waals surface area contributed by atoms with Gasteiger partial charge >= 0.3 is 5.97 Å². The molecule has 4 nitrogen and oxygen atoms in total. The molecule has 0 heterocycles. The maximum Gasteiger partial charge on any atom is 0.339 e. The van der Waals surface area contributed by atoms with E-state index in [0.29, 0.717) is 0 Å². The molecule has 0 unspecified atom stereocenters. The van der Waals surface area contributed by atoms with E-state index in [9.17, 15) is 14.3 Å². The first kappa shape index (κ1) is 16.7. The van der Waals surface area contributed by atoms with E-state index in [1.54, 1.807) is 20.8 Å². The summed E-state index contributed by atoms with van der Waals surface area (Å²) in [5, 5.41) is 18.6. The predicted molar refractivity (Wildman–Crippen MR) is 68.7 cm³/mol. The average Bonchev–Trinajstić information content (AvgIpc) is 2.15. The van der Waals surface area contributed by atoms with Crippen LogP contribution < -0.4 is 5.73 Å². The number of aromatic carboxylic acids is 1. The molecule has 1 aromatic rings. The summed E-state index contributed by atoms with van der Waals surface area (Å²) in [5.41, 5.74) is 4.86. The number of phenols is 1. The van der Waals surface area contributed by atoms with Crippen molar-refractivity contribution >= 4 is 18.4 Å². The SMILES string of the molecule is CC(C)(C)[C@H](N)c1c(F)ccc(C(=O)O)c1O.Cl. The molecule has 0 aliphatic rings. The van der Waals surface area contributed by atoms with E-state index in [1.807, 2.05) is 0 Å². The predicted octanol–water partition coefficient (Wildman–Crippen LogP) is 2.70. The van der Waals surface area contributed by atoms with Gasteiger partial charge in [-0.1, -0.05) is 20.8 Å². The number of nitrogens with two attached hydrogens (primary N) is 1. The van der Waals surface area contributed by atoms with Gasteiger partial charge < -0.3 is 15.9 Å². The Morgan fingerprint density at radius 3 is 2.28 bits per heavy atom. The van der Waals surface area contributed by atoms with Gasteiger partial charge in [0, 0.05) is 11.6 Å². The van der Waals surface area contributed by atoms with Crippen molar-refractivity contribution in [1.82, 2.24) is 0 Å². The van der Waals surface area contributed by atoms with Crippen molar-refractivity contribution in [3.63, 3.8) is 0 Å². The van der Waals surface area contributed by atoms with Crippen LogP contribution in [0.5, 0.6) is 5.75 Å². The summed E-state index contributed by atoms with van der Waals surface area (Å²) in [4.78, 5) is 10.8. The fourth-order valence-electron chi connectivity index (χ4n) is 1.48. The third-order valence-electron chi connectivity index (χ3n) is 2.64. The Bertz CT molecular complexity index is 457. The fourth-order valence-corrected chi connectivity index (χ4v) is 1.48. The molecule has 0 aliphatic carbocycles. The molecule has 4 N–H and O–H groups in total. The summed E-state index contributed by atoms with van der Waals surface area (Å²) < 4.78 is 13.6. The molecule has 1 atom stereocenters. The number of carboxylic acid groups (broad SMARTS) is 1. The summed E-state index contributed by atoms with van der Waals surface area (Å²) in [5.74, 6) is -2.61. The van der Waals surface area contributed by atoms with Crippen LogP contribution in [0.4, 0.5) is 4.39 Å². The van der Waals surface area contributed by atoms with Crippen LogP contribution in [0, 0.1) is 11.2 Å². The van der Waals surface area contributed by atoms with Gasteiger partial charge in [-0.15, -0.1) is 12.4 Å². The van der Waals surface area contributed by atoms with Crippen molar-refractivity contribution in [1.29, 1.82) is 0 Å². The molecule has 0 bridgehead atoms. The van der Waals surface area contributed by atoms with Gasteiger partial charge in [0.1, 0.15) is 17.1 Å². The standard InChI is InChI=1S/C12H16FNO3.ClH/c1-12(2,3)10(14)8-7(13)5-4-6(9(8)15)11(16)17;/h4-5,10,15H,14H2,1-3H3,(H,16,17);1H/t10-;/m1./s1. The zero-order valence-corrected chi connectivity index (χ0v) is 11.2. The van der Waals surface area contributed by atoms with Crippen LogP contribution in [0.3, 0.4) is 0 Å². The third kappa shape index (κ3) is 3.11. The van der Waals surface area contributed by atoms with Crippen molar-refractivity contribution in [2.75, 3.05) is 0 Å². The van der Waals surface area contributed by atoms with Gasteiger partial charge in [-0.05, 0) is 17.5 Å². The first-order valence-electron chi connectivity index (χ1n) is 5.16. The zero-order chi connectivity index (χ0) is 13.4. The average molecular weight is 278 g/mol. The van der Waals surface area contributed by atoms with Crippen LogP contribution in [-0.4, -0.2) is 16.2 Å².